The van der Waals surface area contributed by atoms with Crippen molar-refractivity contribution >= 4 is 15.9 Å². The average Bonchev–Trinajstić information content (AvgIpc) is 2.70. The highest BCUT2D eigenvalue weighted by Crippen LogP contribution is 2.24. The molecule has 2 aromatic rings. The second kappa shape index (κ2) is 4.10. The standard InChI is InChI=1S/C10H6BrF2NO/c11-5-6-4-9(14-15-6)7-2-1-3-8(12)10(7)13/h1-4H,5H2. The Morgan fingerprint density at radius 1 is 1.33 bits per heavy atom. The van der Waals surface area contributed by atoms with Gasteiger partial charge in [0.2, 0.25) is 0 Å². The fourth-order valence-electron chi connectivity index (χ4n) is 1.20. The maximum Gasteiger partial charge on any atom is 0.168 e. The molecular formula is C10H6BrF2NO. The van der Waals surface area contributed by atoms with Crippen molar-refractivity contribution in [2.24, 2.45) is 0 Å². The maximum atomic E-state index is 13.3. The van der Waals surface area contributed by atoms with Gasteiger partial charge in [0, 0.05) is 11.6 Å². The first-order valence-electron chi connectivity index (χ1n) is 4.18. The molecule has 0 saturated heterocycles. The molecule has 0 fully saturated rings. The van der Waals surface area contributed by atoms with E-state index in [9.17, 15) is 8.78 Å². The van der Waals surface area contributed by atoms with Crippen LogP contribution in [0.5, 0.6) is 0 Å². The molecule has 0 atom stereocenters. The molecule has 1 heterocycles. The third-order valence-corrected chi connectivity index (χ3v) is 2.47. The van der Waals surface area contributed by atoms with Crippen molar-refractivity contribution in [2.75, 3.05) is 0 Å². The van der Waals surface area contributed by atoms with Crippen LogP contribution >= 0.6 is 15.9 Å². The summed E-state index contributed by atoms with van der Waals surface area (Å²) in [6, 6.07) is 5.50. The minimum absolute atomic E-state index is 0.103. The number of aromatic nitrogens is 1. The summed E-state index contributed by atoms with van der Waals surface area (Å²) in [5.74, 6) is -1.24. The highest BCUT2D eigenvalue weighted by molar-refractivity contribution is 9.08. The number of nitrogens with zero attached hydrogens (tertiary/aromatic N) is 1. The monoisotopic (exact) mass is 273 g/mol. The van der Waals surface area contributed by atoms with Crippen molar-refractivity contribution in [3.05, 3.63) is 41.7 Å². The lowest BCUT2D eigenvalue weighted by atomic mass is 10.1. The minimum Gasteiger partial charge on any atom is -0.360 e. The molecule has 15 heavy (non-hydrogen) atoms. The highest BCUT2D eigenvalue weighted by Gasteiger charge is 2.13. The molecule has 0 unspecified atom stereocenters. The van der Waals surface area contributed by atoms with E-state index in [-0.39, 0.29) is 5.56 Å². The van der Waals surface area contributed by atoms with Crippen LogP contribution in [0.15, 0.2) is 28.8 Å². The Labute approximate surface area is 93.0 Å². The zero-order valence-electron chi connectivity index (χ0n) is 7.51. The van der Waals surface area contributed by atoms with Crippen LogP contribution in [0.2, 0.25) is 0 Å². The molecule has 0 bridgehead atoms. The molecule has 78 valence electrons. The largest absolute Gasteiger partial charge is 0.360 e. The first kappa shape index (κ1) is 10.3. The lowest BCUT2D eigenvalue weighted by Gasteiger charge is -1.97. The first-order valence-corrected chi connectivity index (χ1v) is 5.30. The number of benzene rings is 1. The molecule has 0 aliphatic heterocycles. The quantitative estimate of drug-likeness (QED) is 0.783. The molecule has 0 aliphatic carbocycles. The number of alkyl halides is 1. The molecule has 1 aromatic carbocycles. The summed E-state index contributed by atoms with van der Waals surface area (Å²) in [6.45, 7) is 0. The summed E-state index contributed by atoms with van der Waals surface area (Å²) in [5, 5.41) is 4.13. The van der Waals surface area contributed by atoms with Gasteiger partial charge >= 0.3 is 0 Å². The van der Waals surface area contributed by atoms with Gasteiger partial charge in [-0.3, -0.25) is 0 Å². The summed E-state index contributed by atoms with van der Waals surface area (Å²) < 4.78 is 31.1. The molecule has 2 nitrogen and oxygen atoms in total. The van der Waals surface area contributed by atoms with Gasteiger partial charge in [0.15, 0.2) is 11.6 Å². The molecule has 2 rings (SSSR count). The maximum absolute atomic E-state index is 13.3. The Morgan fingerprint density at radius 3 is 2.80 bits per heavy atom. The molecule has 0 amide bonds. The van der Waals surface area contributed by atoms with Gasteiger partial charge in [-0.05, 0) is 12.1 Å². The second-order valence-corrected chi connectivity index (χ2v) is 3.47. The topological polar surface area (TPSA) is 26.0 Å². The van der Waals surface area contributed by atoms with E-state index in [1.165, 1.54) is 12.1 Å². The summed E-state index contributed by atoms with van der Waals surface area (Å²) in [5.41, 5.74) is 0.396. The summed E-state index contributed by atoms with van der Waals surface area (Å²) in [6.07, 6.45) is 0. The molecule has 0 radical (unpaired) electrons. The van der Waals surface area contributed by atoms with Gasteiger partial charge in [0.05, 0.1) is 5.33 Å². The Hall–Kier alpha value is -1.23. The van der Waals surface area contributed by atoms with E-state index >= 15 is 0 Å². The van der Waals surface area contributed by atoms with Crippen LogP contribution in [-0.2, 0) is 5.33 Å². The summed E-state index contributed by atoms with van der Waals surface area (Å²) >= 11 is 3.17. The highest BCUT2D eigenvalue weighted by atomic mass is 79.9. The van der Waals surface area contributed by atoms with E-state index in [4.69, 9.17) is 4.52 Å². The van der Waals surface area contributed by atoms with Crippen molar-refractivity contribution in [3.63, 3.8) is 0 Å². The van der Waals surface area contributed by atoms with E-state index in [0.29, 0.717) is 16.8 Å². The summed E-state index contributed by atoms with van der Waals surface area (Å²) in [7, 11) is 0. The molecule has 0 N–H and O–H groups in total. The minimum atomic E-state index is -0.910. The average molecular weight is 274 g/mol. The van der Waals surface area contributed by atoms with Crippen molar-refractivity contribution < 1.29 is 13.3 Å². The van der Waals surface area contributed by atoms with Crippen LogP contribution < -0.4 is 0 Å². The zero-order chi connectivity index (χ0) is 10.8. The van der Waals surface area contributed by atoms with Gasteiger partial charge in [-0.2, -0.15) is 0 Å². The molecule has 0 aliphatic rings. The number of hydrogen-bond acceptors (Lipinski definition) is 2. The van der Waals surface area contributed by atoms with Crippen molar-refractivity contribution in [3.8, 4) is 11.3 Å². The van der Waals surface area contributed by atoms with Crippen LogP contribution in [-0.4, -0.2) is 5.16 Å². The number of hydrogen-bond donors (Lipinski definition) is 0. The van der Waals surface area contributed by atoms with E-state index in [1.54, 1.807) is 6.07 Å². The van der Waals surface area contributed by atoms with E-state index in [2.05, 4.69) is 21.1 Å². The Balaban J connectivity index is 2.49. The van der Waals surface area contributed by atoms with Crippen LogP contribution in [0.1, 0.15) is 5.76 Å². The lowest BCUT2D eigenvalue weighted by Crippen LogP contribution is -1.88. The third-order valence-electron chi connectivity index (χ3n) is 1.92. The van der Waals surface area contributed by atoms with Crippen LogP contribution in [0, 0.1) is 11.6 Å². The molecule has 0 saturated carbocycles. The Morgan fingerprint density at radius 2 is 2.13 bits per heavy atom. The predicted molar refractivity (Wildman–Crippen MR) is 54.5 cm³/mol. The zero-order valence-corrected chi connectivity index (χ0v) is 9.09. The predicted octanol–water partition coefficient (Wildman–Crippen LogP) is 3.51. The summed E-state index contributed by atoms with van der Waals surface area (Å²) in [4.78, 5) is 0. The van der Waals surface area contributed by atoms with Crippen LogP contribution in [0.4, 0.5) is 8.78 Å². The van der Waals surface area contributed by atoms with Gasteiger partial charge in [0.1, 0.15) is 11.5 Å². The second-order valence-electron chi connectivity index (χ2n) is 2.91. The third kappa shape index (κ3) is 1.92. The van der Waals surface area contributed by atoms with Gasteiger partial charge in [-0.1, -0.05) is 27.2 Å². The molecule has 0 spiro atoms. The fraction of sp³-hybridized carbons (Fsp3) is 0.100. The molecule has 1 aromatic heterocycles. The fourth-order valence-corrected chi connectivity index (χ4v) is 1.47. The van der Waals surface area contributed by atoms with Gasteiger partial charge < -0.3 is 4.52 Å². The smallest absolute Gasteiger partial charge is 0.168 e. The number of rotatable bonds is 2. The lowest BCUT2D eigenvalue weighted by molar-refractivity contribution is 0.397. The van der Waals surface area contributed by atoms with E-state index in [1.807, 2.05) is 0 Å². The van der Waals surface area contributed by atoms with Crippen LogP contribution in [0.25, 0.3) is 11.3 Å². The Kier molecular flexibility index (Phi) is 2.81. The van der Waals surface area contributed by atoms with Crippen LogP contribution in [0.3, 0.4) is 0 Å². The SMILES string of the molecule is Fc1cccc(-c2cc(CBr)on2)c1F. The normalized spacial score (nSPS) is 10.6. The Bertz CT molecular complexity index is 484. The molecule has 5 heteroatoms. The number of halogens is 3. The molecular weight excluding hydrogens is 268 g/mol. The van der Waals surface area contributed by atoms with E-state index in [0.717, 1.165) is 6.07 Å². The van der Waals surface area contributed by atoms with Gasteiger partial charge in [-0.25, -0.2) is 8.78 Å². The van der Waals surface area contributed by atoms with E-state index < -0.39 is 11.6 Å². The van der Waals surface area contributed by atoms with Crippen molar-refractivity contribution in [1.29, 1.82) is 0 Å². The van der Waals surface area contributed by atoms with Gasteiger partial charge in [-0.15, -0.1) is 0 Å². The van der Waals surface area contributed by atoms with Crippen molar-refractivity contribution in [2.45, 2.75) is 5.33 Å². The first-order chi connectivity index (χ1) is 7.22. The van der Waals surface area contributed by atoms with Gasteiger partial charge in [0.25, 0.3) is 0 Å². The van der Waals surface area contributed by atoms with Crippen molar-refractivity contribution in [1.82, 2.24) is 5.16 Å².